The molecule has 1 N–H and O–H groups in total. The topological polar surface area (TPSA) is 15.3 Å². The van der Waals surface area contributed by atoms with Gasteiger partial charge in [-0.3, -0.25) is 4.90 Å². The first-order chi connectivity index (χ1) is 10.5. The van der Waals surface area contributed by atoms with Gasteiger partial charge in [-0.25, -0.2) is 4.39 Å². The molecule has 1 heterocycles. The van der Waals surface area contributed by atoms with Crippen LogP contribution in [0.5, 0.6) is 0 Å². The van der Waals surface area contributed by atoms with E-state index in [1.54, 1.807) is 0 Å². The van der Waals surface area contributed by atoms with Gasteiger partial charge >= 0.3 is 12.4 Å². The Labute approximate surface area is 156 Å². The van der Waals surface area contributed by atoms with Crippen LogP contribution in [0.15, 0.2) is 12.1 Å². The fourth-order valence-electron chi connectivity index (χ4n) is 2.57. The molecule has 1 fully saturated rings. The highest BCUT2D eigenvalue weighted by molar-refractivity contribution is 6.30. The van der Waals surface area contributed by atoms with Crippen molar-refractivity contribution in [1.29, 1.82) is 0 Å². The predicted molar refractivity (Wildman–Crippen MR) is 84.1 cm³/mol. The molecule has 1 aliphatic rings. The van der Waals surface area contributed by atoms with E-state index >= 15 is 0 Å². The lowest BCUT2D eigenvalue weighted by atomic mass is 9.96. The number of rotatable bonds is 2. The van der Waals surface area contributed by atoms with E-state index in [1.807, 2.05) is 0 Å². The minimum absolute atomic E-state index is 0. The van der Waals surface area contributed by atoms with Crippen molar-refractivity contribution in [3.05, 3.63) is 34.1 Å². The first-order valence-electron chi connectivity index (χ1n) is 6.60. The molecule has 0 aliphatic carbocycles. The van der Waals surface area contributed by atoms with Gasteiger partial charge < -0.3 is 5.32 Å². The summed E-state index contributed by atoms with van der Waals surface area (Å²) in [4.78, 5) is 0.778. The first-order valence-corrected chi connectivity index (χ1v) is 6.98. The highest BCUT2D eigenvalue weighted by atomic mass is 35.5. The maximum Gasteiger partial charge on any atom is 0.416 e. The standard InChI is InChI=1S/C13H12ClF7N2.2ClH/c14-8-2-1-7(12(16,17)18)9(10(8)15)11(13(19,20)21)23-5-3-22-4-6-23;;/h1-2,11,22H,3-6H2;2*1H/t11-;;/m1../s1. The molecule has 2 rings (SSSR count). The summed E-state index contributed by atoms with van der Waals surface area (Å²) in [5, 5.41) is 2.01. The minimum Gasteiger partial charge on any atom is -0.314 e. The number of nitrogens with zero attached hydrogens (tertiary/aromatic N) is 1. The van der Waals surface area contributed by atoms with Crippen LogP contribution in [0.3, 0.4) is 0 Å². The molecule has 1 aliphatic heterocycles. The summed E-state index contributed by atoms with van der Waals surface area (Å²) in [6.07, 6.45) is -10.2. The van der Waals surface area contributed by atoms with Crippen LogP contribution in [0.4, 0.5) is 30.7 Å². The molecule has 0 spiro atoms. The fourth-order valence-corrected chi connectivity index (χ4v) is 2.74. The van der Waals surface area contributed by atoms with Crippen LogP contribution >= 0.6 is 36.4 Å². The molecule has 1 atom stereocenters. The molecule has 0 radical (unpaired) electrons. The molecule has 0 saturated carbocycles. The average Bonchev–Trinajstić information content (AvgIpc) is 2.42. The molecule has 2 nitrogen and oxygen atoms in total. The van der Waals surface area contributed by atoms with Gasteiger partial charge in [-0.15, -0.1) is 24.8 Å². The molecule has 0 unspecified atom stereocenters. The largest absolute Gasteiger partial charge is 0.416 e. The summed E-state index contributed by atoms with van der Waals surface area (Å²) in [5.41, 5.74) is -3.14. The van der Waals surface area contributed by atoms with Crippen molar-refractivity contribution in [3.63, 3.8) is 0 Å². The lowest BCUT2D eigenvalue weighted by Gasteiger charge is -2.37. The zero-order chi connectivity index (χ0) is 17.4. The zero-order valence-electron chi connectivity index (χ0n) is 12.3. The van der Waals surface area contributed by atoms with Gasteiger partial charge in [0.05, 0.1) is 10.6 Å². The summed E-state index contributed by atoms with van der Waals surface area (Å²) < 4.78 is 93.7. The Morgan fingerprint density at radius 1 is 1.00 bits per heavy atom. The molecule has 0 aromatic heterocycles. The average molecular weight is 438 g/mol. The summed E-state index contributed by atoms with van der Waals surface area (Å²) in [6, 6.07) is -1.73. The second kappa shape index (κ2) is 8.94. The Kier molecular flexibility index (Phi) is 8.77. The number of hydrogen-bond acceptors (Lipinski definition) is 2. The van der Waals surface area contributed by atoms with E-state index in [4.69, 9.17) is 11.6 Å². The molecular formula is C13H14Cl3F7N2. The summed E-state index contributed by atoms with van der Waals surface area (Å²) in [5.74, 6) is -1.69. The Hall–Kier alpha value is -0.480. The third kappa shape index (κ3) is 5.50. The summed E-state index contributed by atoms with van der Waals surface area (Å²) in [6.45, 7) is 0.00703. The fraction of sp³-hybridized carbons (Fsp3) is 0.538. The van der Waals surface area contributed by atoms with Gasteiger partial charge in [-0.2, -0.15) is 26.3 Å². The van der Waals surface area contributed by atoms with Crippen molar-refractivity contribution >= 4 is 36.4 Å². The number of nitrogens with one attached hydrogen (secondary N) is 1. The van der Waals surface area contributed by atoms with E-state index in [0.717, 1.165) is 4.90 Å². The summed E-state index contributed by atoms with van der Waals surface area (Å²) >= 11 is 5.43. The van der Waals surface area contributed by atoms with Crippen LogP contribution in [-0.2, 0) is 6.18 Å². The van der Waals surface area contributed by atoms with Crippen LogP contribution in [0.1, 0.15) is 17.2 Å². The van der Waals surface area contributed by atoms with Gasteiger partial charge in [0.2, 0.25) is 0 Å². The SMILES string of the molecule is Cl.Cl.Fc1c(Cl)ccc(C(F)(F)F)c1[C@@H](N1CCNCC1)C(F)(F)F. The minimum atomic E-state index is -5.13. The Bertz CT molecular complexity index is 572. The predicted octanol–water partition coefficient (Wildman–Crippen LogP) is 4.85. The van der Waals surface area contributed by atoms with E-state index in [1.165, 1.54) is 0 Å². The van der Waals surface area contributed by atoms with Crippen LogP contribution < -0.4 is 5.32 Å². The number of piperazine rings is 1. The van der Waals surface area contributed by atoms with Crippen molar-refractivity contribution in [1.82, 2.24) is 10.2 Å². The molecular weight excluding hydrogens is 424 g/mol. The Balaban J connectivity index is 0.00000288. The summed E-state index contributed by atoms with van der Waals surface area (Å²) in [7, 11) is 0. The molecule has 12 heteroatoms. The smallest absolute Gasteiger partial charge is 0.314 e. The number of alkyl halides is 6. The van der Waals surface area contributed by atoms with E-state index in [9.17, 15) is 30.7 Å². The number of halogens is 10. The van der Waals surface area contributed by atoms with Gasteiger partial charge in [0.25, 0.3) is 0 Å². The molecule has 1 aromatic rings. The molecule has 0 amide bonds. The molecule has 0 bridgehead atoms. The second-order valence-corrected chi connectivity index (χ2v) is 5.46. The van der Waals surface area contributed by atoms with Gasteiger partial charge in [-0.1, -0.05) is 11.6 Å². The maximum absolute atomic E-state index is 14.2. The van der Waals surface area contributed by atoms with Crippen LogP contribution in [-0.4, -0.2) is 37.3 Å². The van der Waals surface area contributed by atoms with E-state index in [2.05, 4.69) is 5.32 Å². The first kappa shape index (κ1) is 24.5. The van der Waals surface area contributed by atoms with Crippen molar-refractivity contribution < 1.29 is 30.7 Å². The maximum atomic E-state index is 14.2. The van der Waals surface area contributed by atoms with Crippen molar-refractivity contribution in [2.45, 2.75) is 18.4 Å². The van der Waals surface area contributed by atoms with Crippen molar-refractivity contribution in [3.8, 4) is 0 Å². The van der Waals surface area contributed by atoms with Crippen LogP contribution in [0, 0.1) is 5.82 Å². The highest BCUT2D eigenvalue weighted by Crippen LogP contribution is 2.45. The molecule has 1 aromatic carbocycles. The lowest BCUT2D eigenvalue weighted by Crippen LogP contribution is -2.49. The highest BCUT2D eigenvalue weighted by Gasteiger charge is 2.50. The molecule has 1 saturated heterocycles. The van der Waals surface area contributed by atoms with Crippen LogP contribution in [0.2, 0.25) is 5.02 Å². The number of benzene rings is 1. The Morgan fingerprint density at radius 3 is 1.96 bits per heavy atom. The number of hydrogen-bond donors (Lipinski definition) is 1. The van der Waals surface area contributed by atoms with Gasteiger partial charge in [0.1, 0.15) is 11.9 Å². The quantitative estimate of drug-likeness (QED) is 0.666. The lowest BCUT2D eigenvalue weighted by molar-refractivity contribution is -0.191. The van der Waals surface area contributed by atoms with Crippen molar-refractivity contribution in [2.75, 3.05) is 26.2 Å². The van der Waals surface area contributed by atoms with Gasteiger partial charge in [0, 0.05) is 31.7 Å². The normalized spacial score (nSPS) is 17.4. The van der Waals surface area contributed by atoms with E-state index in [-0.39, 0.29) is 51.0 Å². The monoisotopic (exact) mass is 436 g/mol. The van der Waals surface area contributed by atoms with Crippen molar-refractivity contribution in [2.24, 2.45) is 0 Å². The molecule has 146 valence electrons. The Morgan fingerprint density at radius 2 is 1.52 bits per heavy atom. The van der Waals surface area contributed by atoms with E-state index in [0.29, 0.717) is 12.1 Å². The van der Waals surface area contributed by atoms with Gasteiger partial charge in [0.15, 0.2) is 0 Å². The third-order valence-corrected chi connectivity index (χ3v) is 3.83. The van der Waals surface area contributed by atoms with E-state index < -0.39 is 40.4 Å². The third-order valence-electron chi connectivity index (χ3n) is 3.54. The molecule has 25 heavy (non-hydrogen) atoms. The second-order valence-electron chi connectivity index (χ2n) is 5.05. The zero-order valence-corrected chi connectivity index (χ0v) is 14.7. The van der Waals surface area contributed by atoms with Gasteiger partial charge in [-0.05, 0) is 12.1 Å². The van der Waals surface area contributed by atoms with Crippen LogP contribution in [0.25, 0.3) is 0 Å².